The van der Waals surface area contributed by atoms with E-state index in [-0.39, 0.29) is 15.5 Å². The van der Waals surface area contributed by atoms with Crippen molar-refractivity contribution in [2.45, 2.75) is 16.2 Å². The molecule has 0 aliphatic heterocycles. The molecule has 0 aromatic heterocycles. The van der Waals surface area contributed by atoms with Crippen molar-refractivity contribution in [3.63, 3.8) is 0 Å². The predicted molar refractivity (Wildman–Crippen MR) is 71.5 cm³/mol. The Bertz CT molecular complexity index is 738. The van der Waals surface area contributed by atoms with Gasteiger partial charge < -0.3 is 5.32 Å². The number of hydrogen-bond donors (Lipinski definition) is 1. The molecule has 0 spiro atoms. The van der Waals surface area contributed by atoms with E-state index < -0.39 is 32.0 Å². The van der Waals surface area contributed by atoms with Crippen molar-refractivity contribution in [1.29, 1.82) is 5.26 Å². The quantitative estimate of drug-likeness (QED) is 0.855. The number of benzene rings is 1. The van der Waals surface area contributed by atoms with E-state index in [1.54, 1.807) is 6.07 Å². The van der Waals surface area contributed by atoms with Crippen LogP contribution < -0.4 is 5.32 Å². The smallest absolute Gasteiger partial charge is 0.238 e. The first-order valence-corrected chi connectivity index (χ1v) is 9.04. The molecule has 0 saturated carbocycles. The number of nitriles is 1. The molecule has 0 heterocycles. The molecule has 1 rings (SSSR count). The summed E-state index contributed by atoms with van der Waals surface area (Å²) in [5.41, 5.74) is 0.00796. The Morgan fingerprint density at radius 1 is 1.10 bits per heavy atom. The zero-order valence-corrected chi connectivity index (χ0v) is 12.4. The number of amides is 1. The molecule has 0 bridgehead atoms. The van der Waals surface area contributed by atoms with E-state index in [1.807, 2.05) is 0 Å². The molecule has 108 valence electrons. The molecule has 0 aliphatic carbocycles. The number of rotatable bonds is 4. The third-order valence-corrected chi connectivity index (χ3v) is 4.44. The van der Waals surface area contributed by atoms with Gasteiger partial charge in [-0.3, -0.25) is 4.79 Å². The normalized spacial score (nSPS) is 11.7. The molecule has 0 aliphatic rings. The maximum absolute atomic E-state index is 11.5. The zero-order valence-electron chi connectivity index (χ0n) is 10.7. The van der Waals surface area contributed by atoms with Gasteiger partial charge in [0.15, 0.2) is 19.7 Å². The first-order chi connectivity index (χ1) is 9.04. The average molecular weight is 316 g/mol. The Hall–Kier alpha value is -1.92. The van der Waals surface area contributed by atoms with Gasteiger partial charge in [0.25, 0.3) is 0 Å². The highest BCUT2D eigenvalue weighted by atomic mass is 32.2. The molecule has 1 N–H and O–H groups in total. The van der Waals surface area contributed by atoms with Gasteiger partial charge in [-0.2, -0.15) is 5.26 Å². The Morgan fingerprint density at radius 3 is 1.90 bits per heavy atom. The molecule has 0 unspecified atom stereocenters. The fourth-order valence-corrected chi connectivity index (χ4v) is 2.79. The van der Waals surface area contributed by atoms with Gasteiger partial charge in [0.2, 0.25) is 5.91 Å². The van der Waals surface area contributed by atoms with Crippen molar-refractivity contribution in [2.24, 2.45) is 0 Å². The van der Waals surface area contributed by atoms with Gasteiger partial charge in [0.05, 0.1) is 15.9 Å². The Balaban J connectivity index is 3.40. The number of nitrogens with zero attached hydrogens (tertiary/aromatic N) is 1. The van der Waals surface area contributed by atoms with Crippen molar-refractivity contribution < 1.29 is 21.6 Å². The van der Waals surface area contributed by atoms with Gasteiger partial charge in [0.1, 0.15) is 6.42 Å². The van der Waals surface area contributed by atoms with Gasteiger partial charge in [0, 0.05) is 18.2 Å². The van der Waals surface area contributed by atoms with Gasteiger partial charge in [-0.15, -0.1) is 0 Å². The number of carbonyl (C=O) groups excluding carboxylic acids is 1. The van der Waals surface area contributed by atoms with E-state index in [0.717, 1.165) is 30.7 Å². The highest BCUT2D eigenvalue weighted by Gasteiger charge is 2.16. The van der Waals surface area contributed by atoms with E-state index in [9.17, 15) is 21.6 Å². The maximum Gasteiger partial charge on any atom is 0.238 e. The molecule has 1 amide bonds. The fourth-order valence-electron chi connectivity index (χ4n) is 1.35. The Morgan fingerprint density at radius 2 is 1.55 bits per heavy atom. The number of carbonyl (C=O) groups is 1. The lowest BCUT2D eigenvalue weighted by Crippen LogP contribution is -2.12. The topological polar surface area (TPSA) is 121 Å². The van der Waals surface area contributed by atoms with Crippen LogP contribution in [-0.4, -0.2) is 35.3 Å². The summed E-state index contributed by atoms with van der Waals surface area (Å²) in [5, 5.41) is 10.7. The summed E-state index contributed by atoms with van der Waals surface area (Å²) in [7, 11) is -7.27. The monoisotopic (exact) mass is 316 g/mol. The van der Waals surface area contributed by atoms with Crippen molar-refractivity contribution in [1.82, 2.24) is 0 Å². The number of hydrogen-bond acceptors (Lipinski definition) is 6. The summed E-state index contributed by atoms with van der Waals surface area (Å²) >= 11 is 0. The summed E-state index contributed by atoms with van der Waals surface area (Å²) in [6.07, 6.45) is 1.43. The van der Waals surface area contributed by atoms with Crippen molar-refractivity contribution >= 4 is 31.3 Å². The van der Waals surface area contributed by atoms with Crippen LogP contribution in [0.4, 0.5) is 5.69 Å². The van der Waals surface area contributed by atoms with Crippen LogP contribution in [0.2, 0.25) is 0 Å². The minimum absolute atomic E-state index is 0.00796. The van der Waals surface area contributed by atoms with Gasteiger partial charge >= 0.3 is 0 Å². The molecule has 0 saturated heterocycles. The molecule has 0 radical (unpaired) electrons. The minimum Gasteiger partial charge on any atom is -0.325 e. The van der Waals surface area contributed by atoms with Crippen LogP contribution in [0.15, 0.2) is 28.0 Å². The second-order valence-corrected chi connectivity index (χ2v) is 8.15. The minimum atomic E-state index is -3.64. The van der Waals surface area contributed by atoms with Gasteiger partial charge in [-0.1, -0.05) is 0 Å². The summed E-state index contributed by atoms with van der Waals surface area (Å²) in [5.74, 6) is -0.655. The van der Waals surface area contributed by atoms with Crippen molar-refractivity contribution in [2.75, 3.05) is 17.8 Å². The summed E-state index contributed by atoms with van der Waals surface area (Å²) < 4.78 is 46.1. The van der Waals surface area contributed by atoms with Crippen molar-refractivity contribution in [3.8, 4) is 6.07 Å². The lowest BCUT2D eigenvalue weighted by molar-refractivity contribution is -0.115. The fraction of sp³-hybridized carbons (Fsp3) is 0.273. The first kappa shape index (κ1) is 16.1. The molecule has 7 nitrogen and oxygen atoms in total. The second-order valence-electron chi connectivity index (χ2n) is 4.12. The summed E-state index contributed by atoms with van der Waals surface area (Å²) in [6, 6.07) is 4.92. The third-order valence-electron chi connectivity index (χ3n) is 2.26. The summed E-state index contributed by atoms with van der Waals surface area (Å²) in [6.45, 7) is 0. The van der Waals surface area contributed by atoms with Gasteiger partial charge in [-0.05, 0) is 18.2 Å². The number of sulfone groups is 2. The van der Waals surface area contributed by atoms with Crippen LogP contribution in [0.5, 0.6) is 0 Å². The van der Waals surface area contributed by atoms with E-state index in [2.05, 4.69) is 5.32 Å². The van der Waals surface area contributed by atoms with Gasteiger partial charge in [-0.25, -0.2) is 16.8 Å². The molecule has 1 aromatic carbocycles. The Labute approximate surface area is 117 Å². The molecule has 0 atom stereocenters. The zero-order chi connectivity index (χ0) is 15.6. The van der Waals surface area contributed by atoms with Crippen LogP contribution in [0.25, 0.3) is 0 Å². The average Bonchev–Trinajstić information content (AvgIpc) is 2.26. The molecule has 0 fully saturated rings. The molecule has 9 heteroatoms. The molecule has 1 aromatic rings. The van der Waals surface area contributed by atoms with E-state index in [4.69, 9.17) is 5.26 Å². The highest BCUT2D eigenvalue weighted by molar-refractivity contribution is 7.91. The largest absolute Gasteiger partial charge is 0.325 e. The van der Waals surface area contributed by atoms with E-state index in [0.29, 0.717) is 0 Å². The van der Waals surface area contributed by atoms with E-state index in [1.165, 1.54) is 0 Å². The molecular formula is C11H12N2O5S2. The lowest BCUT2D eigenvalue weighted by Gasteiger charge is -2.08. The predicted octanol–water partition coefficient (Wildman–Crippen LogP) is 0.346. The molecular weight excluding hydrogens is 304 g/mol. The SMILES string of the molecule is CS(=O)(=O)c1cc(NC(=O)CC#N)cc(S(C)(=O)=O)c1. The maximum atomic E-state index is 11.5. The molecule has 20 heavy (non-hydrogen) atoms. The van der Waals surface area contributed by atoms with Crippen LogP contribution in [0.3, 0.4) is 0 Å². The van der Waals surface area contributed by atoms with Crippen LogP contribution in [-0.2, 0) is 24.5 Å². The lowest BCUT2D eigenvalue weighted by atomic mass is 10.3. The highest BCUT2D eigenvalue weighted by Crippen LogP contribution is 2.22. The van der Waals surface area contributed by atoms with Crippen LogP contribution in [0, 0.1) is 11.3 Å². The second kappa shape index (κ2) is 5.60. The standard InChI is InChI=1S/C11H12N2O5S2/c1-19(15,16)9-5-8(13-11(14)3-4-12)6-10(7-9)20(2,17)18/h5-7H,3H2,1-2H3,(H,13,14). The number of nitrogens with one attached hydrogen (secondary N) is 1. The van der Waals surface area contributed by atoms with E-state index >= 15 is 0 Å². The Kier molecular flexibility index (Phi) is 4.52. The van der Waals surface area contributed by atoms with Crippen molar-refractivity contribution in [3.05, 3.63) is 18.2 Å². The van der Waals surface area contributed by atoms with Crippen LogP contribution in [0.1, 0.15) is 6.42 Å². The first-order valence-electron chi connectivity index (χ1n) is 5.26. The number of anilines is 1. The van der Waals surface area contributed by atoms with Crippen LogP contribution >= 0.6 is 0 Å². The third kappa shape index (κ3) is 4.32. The summed E-state index contributed by atoms with van der Waals surface area (Å²) in [4.78, 5) is 10.8.